The fourth-order valence-electron chi connectivity index (χ4n) is 2.26. The summed E-state index contributed by atoms with van der Waals surface area (Å²) in [6, 6.07) is 11.0. The van der Waals surface area contributed by atoms with Crippen LogP contribution in [0.3, 0.4) is 0 Å². The molecule has 2 aromatic carbocycles. The Labute approximate surface area is 137 Å². The molecule has 1 N–H and O–H groups in total. The van der Waals surface area contributed by atoms with Crippen LogP contribution < -0.4 is 5.32 Å². The Morgan fingerprint density at radius 1 is 1.20 bits per heavy atom. The lowest BCUT2D eigenvalue weighted by atomic mass is 9.97. The van der Waals surface area contributed by atoms with E-state index in [1.54, 1.807) is 6.07 Å². The molecule has 1 unspecified atom stereocenters. The van der Waals surface area contributed by atoms with Gasteiger partial charge in [0.05, 0.1) is 11.1 Å². The molecule has 0 saturated heterocycles. The maximum atomic E-state index is 13.6. The van der Waals surface area contributed by atoms with E-state index in [9.17, 15) is 4.39 Å². The predicted molar refractivity (Wildman–Crippen MR) is 90.8 cm³/mol. The minimum atomic E-state index is -0.209. The van der Waals surface area contributed by atoms with Gasteiger partial charge < -0.3 is 5.32 Å². The summed E-state index contributed by atoms with van der Waals surface area (Å²) in [4.78, 5) is 0. The molecule has 0 heterocycles. The van der Waals surface area contributed by atoms with Crippen LogP contribution in [0.1, 0.15) is 29.7 Å². The molecule has 2 aromatic rings. The van der Waals surface area contributed by atoms with E-state index in [-0.39, 0.29) is 11.9 Å². The molecule has 0 aliphatic rings. The molecule has 2 rings (SSSR count). The van der Waals surface area contributed by atoms with Gasteiger partial charge in [0.1, 0.15) is 5.82 Å². The maximum absolute atomic E-state index is 13.6. The third-order valence-corrected chi connectivity index (χ3v) is 4.66. The third-order valence-electron chi connectivity index (χ3n) is 3.08. The molecule has 0 bridgehead atoms. The van der Waals surface area contributed by atoms with Gasteiger partial charge in [0.2, 0.25) is 0 Å². The number of rotatable bonds is 4. The highest BCUT2D eigenvalue weighted by Gasteiger charge is 2.15. The highest BCUT2D eigenvalue weighted by atomic mass is 127. The third kappa shape index (κ3) is 3.71. The summed E-state index contributed by atoms with van der Waals surface area (Å²) in [5.41, 5.74) is 2.88. The Kier molecular flexibility index (Phi) is 5.41. The van der Waals surface area contributed by atoms with Crippen LogP contribution in [0.25, 0.3) is 0 Å². The quantitative estimate of drug-likeness (QED) is 0.701. The monoisotopic (exact) mass is 403 g/mol. The van der Waals surface area contributed by atoms with Crippen molar-refractivity contribution in [2.75, 3.05) is 6.54 Å². The summed E-state index contributed by atoms with van der Waals surface area (Å²) < 4.78 is 14.6. The molecule has 0 spiro atoms. The van der Waals surface area contributed by atoms with E-state index in [0.29, 0.717) is 0 Å². The van der Waals surface area contributed by atoms with Crippen LogP contribution in [-0.2, 0) is 0 Å². The Bertz CT molecular complexity index is 595. The highest BCUT2D eigenvalue weighted by Crippen LogP contribution is 2.28. The normalized spacial score (nSPS) is 12.4. The first-order chi connectivity index (χ1) is 9.51. The first-order valence-electron chi connectivity index (χ1n) is 6.46. The van der Waals surface area contributed by atoms with Crippen molar-refractivity contribution < 1.29 is 4.39 Å². The second-order valence-corrected chi connectivity index (χ2v) is 6.30. The van der Waals surface area contributed by atoms with Crippen LogP contribution >= 0.6 is 34.2 Å². The number of nitrogens with one attached hydrogen (secondary N) is 1. The van der Waals surface area contributed by atoms with Crippen molar-refractivity contribution in [1.82, 2.24) is 5.32 Å². The topological polar surface area (TPSA) is 12.0 Å². The molecule has 1 nitrogen and oxygen atoms in total. The molecule has 0 amide bonds. The van der Waals surface area contributed by atoms with Crippen molar-refractivity contribution in [2.24, 2.45) is 0 Å². The second-order valence-electron chi connectivity index (χ2n) is 4.73. The van der Waals surface area contributed by atoms with Crippen LogP contribution in [0.15, 0.2) is 36.4 Å². The van der Waals surface area contributed by atoms with Crippen molar-refractivity contribution >= 4 is 34.2 Å². The first-order valence-corrected chi connectivity index (χ1v) is 7.92. The van der Waals surface area contributed by atoms with E-state index in [0.717, 1.165) is 31.8 Å². The summed E-state index contributed by atoms with van der Waals surface area (Å²) in [5.74, 6) is -0.209. The van der Waals surface area contributed by atoms with E-state index in [2.05, 4.69) is 27.9 Å². The smallest absolute Gasteiger partial charge is 0.123 e. The van der Waals surface area contributed by atoms with Gasteiger partial charge in [-0.1, -0.05) is 30.7 Å². The first kappa shape index (κ1) is 15.7. The predicted octanol–water partition coefficient (Wildman–Crippen LogP) is 5.09. The van der Waals surface area contributed by atoms with Crippen LogP contribution in [0.2, 0.25) is 5.02 Å². The van der Waals surface area contributed by atoms with Crippen molar-refractivity contribution in [3.8, 4) is 0 Å². The highest BCUT2D eigenvalue weighted by molar-refractivity contribution is 14.1. The van der Waals surface area contributed by atoms with E-state index in [1.807, 2.05) is 38.1 Å². The fourth-order valence-corrected chi connectivity index (χ4v) is 2.78. The molecule has 0 radical (unpaired) electrons. The second kappa shape index (κ2) is 6.87. The van der Waals surface area contributed by atoms with Gasteiger partial charge in [-0.15, -0.1) is 0 Å². The van der Waals surface area contributed by atoms with Gasteiger partial charge in [-0.05, 0) is 77.0 Å². The molecule has 0 saturated carbocycles. The summed E-state index contributed by atoms with van der Waals surface area (Å²) in [5, 5.41) is 4.11. The standard InChI is InChI=1S/C16H16ClFIN/c1-3-20-16(11-4-5-15(19)14(17)9-11)12-6-10(2)7-13(18)8-12/h4-9,16,20H,3H2,1-2H3. The zero-order valence-electron chi connectivity index (χ0n) is 11.4. The van der Waals surface area contributed by atoms with Crippen LogP contribution in [0.4, 0.5) is 4.39 Å². The molecule has 106 valence electrons. The maximum Gasteiger partial charge on any atom is 0.123 e. The molecular formula is C16H16ClFIN. The zero-order chi connectivity index (χ0) is 14.7. The van der Waals surface area contributed by atoms with Gasteiger partial charge in [-0.3, -0.25) is 0 Å². The van der Waals surface area contributed by atoms with E-state index in [4.69, 9.17) is 11.6 Å². The average molecular weight is 404 g/mol. The molecule has 4 heteroatoms. The lowest BCUT2D eigenvalue weighted by molar-refractivity contribution is 0.602. The van der Waals surface area contributed by atoms with Gasteiger partial charge in [0.25, 0.3) is 0 Å². The van der Waals surface area contributed by atoms with E-state index in [1.165, 1.54) is 6.07 Å². The SMILES string of the molecule is CCNC(c1cc(C)cc(F)c1)c1ccc(I)c(Cl)c1. The minimum Gasteiger partial charge on any atom is -0.307 e. The lowest BCUT2D eigenvalue weighted by Crippen LogP contribution is -2.22. The Morgan fingerprint density at radius 3 is 2.55 bits per heavy atom. The molecule has 20 heavy (non-hydrogen) atoms. The average Bonchev–Trinajstić information content (AvgIpc) is 2.38. The van der Waals surface area contributed by atoms with Gasteiger partial charge in [-0.25, -0.2) is 4.39 Å². The number of halogens is 3. The molecular weight excluding hydrogens is 388 g/mol. The summed E-state index contributed by atoms with van der Waals surface area (Å²) in [7, 11) is 0. The number of aryl methyl sites for hydroxylation is 1. The van der Waals surface area contributed by atoms with E-state index >= 15 is 0 Å². The van der Waals surface area contributed by atoms with Crippen molar-refractivity contribution in [2.45, 2.75) is 19.9 Å². The summed E-state index contributed by atoms with van der Waals surface area (Å²) in [6.45, 7) is 4.73. The number of benzene rings is 2. The molecule has 0 aliphatic heterocycles. The van der Waals surface area contributed by atoms with Crippen LogP contribution in [0, 0.1) is 16.3 Å². The molecule has 0 fully saturated rings. The fraction of sp³-hybridized carbons (Fsp3) is 0.250. The summed E-state index contributed by atoms with van der Waals surface area (Å²) in [6.07, 6.45) is 0. The molecule has 0 aromatic heterocycles. The lowest BCUT2D eigenvalue weighted by Gasteiger charge is -2.20. The van der Waals surface area contributed by atoms with Gasteiger partial charge in [0.15, 0.2) is 0 Å². The van der Waals surface area contributed by atoms with Crippen LogP contribution in [0.5, 0.6) is 0 Å². The van der Waals surface area contributed by atoms with Gasteiger partial charge in [-0.2, -0.15) is 0 Å². The molecule has 0 aliphatic carbocycles. The number of hydrogen-bond donors (Lipinski definition) is 1. The largest absolute Gasteiger partial charge is 0.307 e. The van der Waals surface area contributed by atoms with Crippen molar-refractivity contribution in [3.05, 3.63) is 67.5 Å². The van der Waals surface area contributed by atoms with Crippen molar-refractivity contribution in [1.29, 1.82) is 0 Å². The van der Waals surface area contributed by atoms with Gasteiger partial charge in [0, 0.05) is 3.57 Å². The Balaban J connectivity index is 2.46. The zero-order valence-corrected chi connectivity index (χ0v) is 14.3. The number of hydrogen-bond acceptors (Lipinski definition) is 1. The van der Waals surface area contributed by atoms with Gasteiger partial charge >= 0.3 is 0 Å². The van der Waals surface area contributed by atoms with Crippen LogP contribution in [-0.4, -0.2) is 6.54 Å². The minimum absolute atomic E-state index is 0.0519. The van der Waals surface area contributed by atoms with Crippen molar-refractivity contribution in [3.63, 3.8) is 0 Å². The molecule has 1 atom stereocenters. The van der Waals surface area contributed by atoms with E-state index < -0.39 is 0 Å². The Hall–Kier alpha value is -0.650. The summed E-state index contributed by atoms with van der Waals surface area (Å²) >= 11 is 8.40. The Morgan fingerprint density at radius 2 is 1.95 bits per heavy atom.